The van der Waals surface area contributed by atoms with Gasteiger partial charge in [-0.05, 0) is 67.4 Å². The Hall–Kier alpha value is -2.51. The summed E-state index contributed by atoms with van der Waals surface area (Å²) < 4.78 is 21.1. The van der Waals surface area contributed by atoms with Crippen molar-refractivity contribution in [1.82, 2.24) is 0 Å². The summed E-state index contributed by atoms with van der Waals surface area (Å²) >= 11 is 0. The summed E-state index contributed by atoms with van der Waals surface area (Å²) in [5.41, 5.74) is 6.45. The molecule has 0 atom stereocenters. The van der Waals surface area contributed by atoms with Gasteiger partial charge < -0.3 is 13.6 Å². The van der Waals surface area contributed by atoms with Crippen LogP contribution in [0.15, 0.2) is 54.6 Å². The van der Waals surface area contributed by atoms with Crippen LogP contribution in [-0.4, -0.2) is 0 Å². The molecule has 0 aromatic heterocycles. The summed E-state index contributed by atoms with van der Waals surface area (Å²) in [7, 11) is -1.92. The lowest BCUT2D eigenvalue weighted by atomic mass is 9.81. The van der Waals surface area contributed by atoms with Crippen molar-refractivity contribution in [3.63, 3.8) is 0 Å². The van der Waals surface area contributed by atoms with Crippen LogP contribution in [0, 0.1) is 0 Å². The van der Waals surface area contributed by atoms with Gasteiger partial charge in [0.25, 0.3) is 0 Å². The zero-order chi connectivity index (χ0) is 35.3. The second kappa shape index (κ2) is 12.8. The SMILES string of the molecule is CC(C)(C)c1ccc(C(C)(C)C)c(OP(Oc2cc(C(C)(C)C)ccc2C(C)(C)C)Oc2cc(C(C)(C)C)ccc2C(C)(C)C)c1. The first kappa shape index (κ1) is 37.9. The molecule has 0 amide bonds. The standard InChI is InChI=1S/C42H63O3P/c1-37(2,3)28-19-22-31(40(10,11)12)34(25-28)43-46(44-35-26-29(38(4,5)6)20-23-32(35)41(13,14)15)45-36-27-30(39(7,8)9)21-24-33(36)42(16,17)18/h19-27H,1-18H3. The molecule has 0 aliphatic rings. The first-order valence-electron chi connectivity index (χ1n) is 16.9. The van der Waals surface area contributed by atoms with Gasteiger partial charge in [-0.25, -0.2) is 0 Å². The molecule has 46 heavy (non-hydrogen) atoms. The Morgan fingerprint density at radius 1 is 0.326 bits per heavy atom. The predicted molar refractivity (Wildman–Crippen MR) is 200 cm³/mol. The molecular weight excluding hydrogens is 583 g/mol. The average Bonchev–Trinajstić information content (AvgIpc) is 2.85. The molecule has 0 spiro atoms. The second-order valence-electron chi connectivity index (χ2n) is 19.1. The quantitative estimate of drug-likeness (QED) is 0.249. The Morgan fingerprint density at radius 2 is 0.543 bits per heavy atom. The molecule has 4 heteroatoms. The number of benzene rings is 3. The lowest BCUT2D eigenvalue weighted by Gasteiger charge is -2.31. The molecule has 0 bridgehead atoms. The fourth-order valence-corrected chi connectivity index (χ4v) is 6.40. The highest BCUT2D eigenvalue weighted by Gasteiger charge is 2.32. The first-order chi connectivity index (χ1) is 20.6. The maximum Gasteiger partial charge on any atom is 0.530 e. The van der Waals surface area contributed by atoms with Crippen molar-refractivity contribution in [3.8, 4) is 17.2 Å². The zero-order valence-electron chi connectivity index (χ0n) is 32.4. The largest absolute Gasteiger partial charge is 0.530 e. The highest BCUT2D eigenvalue weighted by Crippen LogP contribution is 2.50. The molecule has 3 aromatic rings. The fourth-order valence-electron chi connectivity index (χ4n) is 5.35. The van der Waals surface area contributed by atoms with Gasteiger partial charge in [-0.15, -0.1) is 0 Å². The van der Waals surface area contributed by atoms with Crippen molar-refractivity contribution in [2.24, 2.45) is 0 Å². The third-order valence-electron chi connectivity index (χ3n) is 8.49. The summed E-state index contributed by atoms with van der Waals surface area (Å²) in [6.45, 7) is 40.2. The second-order valence-corrected chi connectivity index (χ2v) is 20.1. The summed E-state index contributed by atoms with van der Waals surface area (Å²) in [6, 6.07) is 19.9. The van der Waals surface area contributed by atoms with Crippen LogP contribution in [0.2, 0.25) is 0 Å². The minimum Gasteiger partial charge on any atom is -0.408 e. The maximum absolute atomic E-state index is 7.02. The molecule has 0 aliphatic carbocycles. The number of hydrogen-bond donors (Lipinski definition) is 0. The molecule has 0 radical (unpaired) electrons. The van der Waals surface area contributed by atoms with E-state index in [1.165, 1.54) is 16.7 Å². The van der Waals surface area contributed by atoms with Crippen molar-refractivity contribution < 1.29 is 13.6 Å². The molecule has 0 heterocycles. The normalized spacial score (nSPS) is 13.6. The van der Waals surface area contributed by atoms with E-state index in [1.807, 2.05) is 0 Å². The third-order valence-corrected chi connectivity index (χ3v) is 9.52. The molecule has 0 aliphatic heterocycles. The van der Waals surface area contributed by atoms with Crippen LogP contribution in [0.1, 0.15) is 158 Å². The van der Waals surface area contributed by atoms with Crippen molar-refractivity contribution >= 4 is 8.60 Å². The molecule has 3 rings (SSSR count). The van der Waals surface area contributed by atoms with Gasteiger partial charge in [0.15, 0.2) is 0 Å². The van der Waals surface area contributed by atoms with E-state index in [9.17, 15) is 0 Å². The van der Waals surface area contributed by atoms with Crippen LogP contribution >= 0.6 is 8.60 Å². The predicted octanol–water partition coefficient (Wildman–Crippen LogP) is 13.2. The van der Waals surface area contributed by atoms with Crippen LogP contribution in [0.25, 0.3) is 0 Å². The monoisotopic (exact) mass is 646 g/mol. The van der Waals surface area contributed by atoms with E-state index < -0.39 is 8.60 Å². The van der Waals surface area contributed by atoms with E-state index in [4.69, 9.17) is 13.6 Å². The smallest absolute Gasteiger partial charge is 0.408 e. The lowest BCUT2D eigenvalue weighted by Crippen LogP contribution is -2.19. The molecule has 0 saturated carbocycles. The van der Waals surface area contributed by atoms with Crippen LogP contribution < -0.4 is 13.6 Å². The molecule has 0 saturated heterocycles. The van der Waals surface area contributed by atoms with E-state index in [0.717, 1.165) is 33.9 Å². The topological polar surface area (TPSA) is 27.7 Å². The first-order valence-corrected chi connectivity index (χ1v) is 18.0. The van der Waals surface area contributed by atoms with Crippen molar-refractivity contribution in [1.29, 1.82) is 0 Å². The minimum absolute atomic E-state index is 0.0418. The van der Waals surface area contributed by atoms with Gasteiger partial charge in [0, 0.05) is 16.7 Å². The Labute approximate surface area is 283 Å². The van der Waals surface area contributed by atoms with E-state index in [0.29, 0.717) is 0 Å². The van der Waals surface area contributed by atoms with Gasteiger partial charge in [-0.2, -0.15) is 0 Å². The molecule has 3 aromatic carbocycles. The summed E-state index contributed by atoms with van der Waals surface area (Å²) in [6.07, 6.45) is 0. The van der Waals surface area contributed by atoms with Gasteiger partial charge in [0.1, 0.15) is 17.2 Å². The molecule has 254 valence electrons. The van der Waals surface area contributed by atoms with E-state index >= 15 is 0 Å². The van der Waals surface area contributed by atoms with Crippen molar-refractivity contribution in [2.45, 2.75) is 157 Å². The van der Waals surface area contributed by atoms with E-state index in [2.05, 4.69) is 179 Å². The van der Waals surface area contributed by atoms with E-state index in [1.54, 1.807) is 0 Å². The van der Waals surface area contributed by atoms with Crippen LogP contribution in [0.4, 0.5) is 0 Å². The average molecular weight is 647 g/mol. The van der Waals surface area contributed by atoms with Gasteiger partial charge in [0.05, 0.1) is 0 Å². The Balaban J connectivity index is 2.32. The van der Waals surface area contributed by atoms with Crippen LogP contribution in [-0.2, 0) is 32.5 Å². The summed E-state index contributed by atoms with van der Waals surface area (Å²) in [5, 5.41) is 0. The van der Waals surface area contributed by atoms with Crippen molar-refractivity contribution in [3.05, 3.63) is 88.0 Å². The molecule has 3 nitrogen and oxygen atoms in total. The maximum atomic E-state index is 7.02. The Bertz CT molecular complexity index is 1320. The molecule has 0 unspecified atom stereocenters. The zero-order valence-corrected chi connectivity index (χ0v) is 33.3. The summed E-state index contributed by atoms with van der Waals surface area (Å²) in [5.74, 6) is 2.42. The summed E-state index contributed by atoms with van der Waals surface area (Å²) in [4.78, 5) is 0. The molecule has 0 fully saturated rings. The van der Waals surface area contributed by atoms with Gasteiger partial charge in [-0.3, -0.25) is 0 Å². The number of rotatable bonds is 6. The lowest BCUT2D eigenvalue weighted by molar-refractivity contribution is 0.370. The van der Waals surface area contributed by atoms with Gasteiger partial charge >= 0.3 is 8.60 Å². The number of hydrogen-bond acceptors (Lipinski definition) is 3. The Morgan fingerprint density at radius 3 is 0.717 bits per heavy atom. The molecule has 0 N–H and O–H groups in total. The third kappa shape index (κ3) is 9.53. The fraction of sp³-hybridized carbons (Fsp3) is 0.571. The van der Waals surface area contributed by atoms with Gasteiger partial charge in [0.2, 0.25) is 0 Å². The Kier molecular flexibility index (Phi) is 10.6. The van der Waals surface area contributed by atoms with Gasteiger partial charge in [-0.1, -0.05) is 161 Å². The molecular formula is C42H63O3P. The van der Waals surface area contributed by atoms with Crippen LogP contribution in [0.5, 0.6) is 17.2 Å². The van der Waals surface area contributed by atoms with Crippen molar-refractivity contribution in [2.75, 3.05) is 0 Å². The highest BCUT2D eigenvalue weighted by atomic mass is 31.2. The minimum atomic E-state index is -1.92. The van der Waals surface area contributed by atoms with Crippen LogP contribution in [0.3, 0.4) is 0 Å². The highest BCUT2D eigenvalue weighted by molar-refractivity contribution is 7.43. The van der Waals surface area contributed by atoms with E-state index in [-0.39, 0.29) is 32.5 Å².